The van der Waals surface area contributed by atoms with Crippen LogP contribution in [0.5, 0.6) is 0 Å². The largest absolute Gasteiger partial charge is 0.299 e. The summed E-state index contributed by atoms with van der Waals surface area (Å²) >= 11 is 0. The van der Waals surface area contributed by atoms with Gasteiger partial charge in [-0.3, -0.25) is 9.59 Å². The summed E-state index contributed by atoms with van der Waals surface area (Å²) in [5.74, 6) is 2.54. The maximum atomic E-state index is 12.5. The average Bonchev–Trinajstić information content (AvgIpc) is 2.83. The van der Waals surface area contributed by atoms with E-state index in [1.54, 1.807) is 0 Å². The summed E-state index contributed by atoms with van der Waals surface area (Å²) in [6, 6.07) is 0. The standard InChI is InChI=1S/C21H28O2/c1-4-13-11-15(22)12-14-5-6-16-17-7-8-19(23)20(17,2)10-9-18(16)21(13,14)3/h11-12,16-18H,4-10H2,1-3H3/t16-,17-,18-,20-,21-/m0/s1. The number of fused-ring (bicyclic) bond motifs is 5. The number of ketones is 2. The monoisotopic (exact) mass is 312 g/mol. The van der Waals surface area contributed by atoms with Crippen LogP contribution in [0.1, 0.15) is 65.7 Å². The van der Waals surface area contributed by atoms with E-state index in [0.717, 1.165) is 38.5 Å². The summed E-state index contributed by atoms with van der Waals surface area (Å²) in [4.78, 5) is 24.5. The predicted octanol–water partition coefficient (Wildman–Crippen LogP) is 4.64. The zero-order valence-electron chi connectivity index (χ0n) is 14.7. The Labute approximate surface area is 139 Å². The van der Waals surface area contributed by atoms with Crippen molar-refractivity contribution >= 4 is 11.6 Å². The van der Waals surface area contributed by atoms with Gasteiger partial charge in [-0.15, -0.1) is 0 Å². The second-order valence-electron chi connectivity index (χ2n) is 8.63. The molecule has 0 heterocycles. The third kappa shape index (κ3) is 1.87. The maximum Gasteiger partial charge on any atom is 0.178 e. The summed E-state index contributed by atoms with van der Waals surface area (Å²) in [6.07, 6.45) is 11.1. The normalized spacial score (nSPS) is 45.8. The molecule has 5 atom stereocenters. The molecule has 0 unspecified atom stereocenters. The van der Waals surface area contributed by atoms with Crippen LogP contribution in [0.15, 0.2) is 23.3 Å². The molecule has 4 aliphatic carbocycles. The van der Waals surface area contributed by atoms with E-state index < -0.39 is 0 Å². The zero-order valence-corrected chi connectivity index (χ0v) is 14.7. The summed E-state index contributed by atoms with van der Waals surface area (Å²) in [5.41, 5.74) is 2.72. The van der Waals surface area contributed by atoms with Crippen LogP contribution in [0.25, 0.3) is 0 Å². The molecule has 0 N–H and O–H groups in total. The van der Waals surface area contributed by atoms with Crippen LogP contribution in [-0.2, 0) is 9.59 Å². The Kier molecular flexibility index (Phi) is 3.28. The smallest absolute Gasteiger partial charge is 0.178 e. The first-order valence-electron chi connectivity index (χ1n) is 9.40. The summed E-state index contributed by atoms with van der Waals surface area (Å²) < 4.78 is 0. The molecule has 2 nitrogen and oxygen atoms in total. The Hall–Kier alpha value is -1.18. The molecule has 4 rings (SSSR count). The fourth-order valence-electron chi connectivity index (χ4n) is 6.67. The number of hydrogen-bond donors (Lipinski definition) is 0. The molecule has 0 aliphatic heterocycles. The molecule has 0 radical (unpaired) electrons. The van der Waals surface area contributed by atoms with E-state index in [4.69, 9.17) is 0 Å². The fraction of sp³-hybridized carbons (Fsp3) is 0.714. The summed E-state index contributed by atoms with van der Waals surface area (Å²) in [7, 11) is 0. The minimum Gasteiger partial charge on any atom is -0.299 e. The fourth-order valence-corrected chi connectivity index (χ4v) is 6.67. The van der Waals surface area contributed by atoms with Crippen molar-refractivity contribution < 1.29 is 9.59 Å². The van der Waals surface area contributed by atoms with Gasteiger partial charge >= 0.3 is 0 Å². The van der Waals surface area contributed by atoms with Gasteiger partial charge in [0.15, 0.2) is 5.78 Å². The molecular formula is C21H28O2. The van der Waals surface area contributed by atoms with Gasteiger partial charge in [-0.05, 0) is 68.4 Å². The first-order valence-corrected chi connectivity index (χ1v) is 9.40. The van der Waals surface area contributed by atoms with Crippen molar-refractivity contribution in [3.05, 3.63) is 23.3 Å². The van der Waals surface area contributed by atoms with Crippen molar-refractivity contribution in [3.63, 3.8) is 0 Å². The molecule has 0 saturated heterocycles. The second kappa shape index (κ2) is 4.91. The molecular weight excluding hydrogens is 284 g/mol. The molecule has 0 spiro atoms. The molecule has 3 fully saturated rings. The van der Waals surface area contributed by atoms with Crippen molar-refractivity contribution in [2.75, 3.05) is 0 Å². The van der Waals surface area contributed by atoms with Gasteiger partial charge in [0.1, 0.15) is 5.78 Å². The van der Waals surface area contributed by atoms with E-state index in [1.165, 1.54) is 17.6 Å². The van der Waals surface area contributed by atoms with Crippen LogP contribution < -0.4 is 0 Å². The molecule has 4 aliphatic rings. The Bertz CT molecular complexity index is 622. The van der Waals surface area contributed by atoms with E-state index in [0.29, 0.717) is 23.5 Å². The van der Waals surface area contributed by atoms with Crippen molar-refractivity contribution in [2.45, 2.75) is 65.7 Å². The van der Waals surface area contributed by atoms with Crippen molar-refractivity contribution in [1.82, 2.24) is 0 Å². The van der Waals surface area contributed by atoms with E-state index >= 15 is 0 Å². The van der Waals surface area contributed by atoms with Crippen LogP contribution in [0, 0.1) is 28.6 Å². The first-order chi connectivity index (χ1) is 10.9. The first kappa shape index (κ1) is 15.4. The molecule has 3 saturated carbocycles. The zero-order chi connectivity index (χ0) is 16.4. The minimum atomic E-state index is -0.0562. The van der Waals surface area contributed by atoms with Gasteiger partial charge in [0.05, 0.1) is 0 Å². The lowest BCUT2D eigenvalue weighted by Crippen LogP contribution is -2.51. The van der Waals surface area contributed by atoms with Crippen molar-refractivity contribution in [2.24, 2.45) is 28.6 Å². The van der Waals surface area contributed by atoms with Gasteiger partial charge in [0.2, 0.25) is 0 Å². The number of carbonyl (C=O) groups is 2. The number of hydrogen-bond acceptors (Lipinski definition) is 2. The van der Waals surface area contributed by atoms with Gasteiger partial charge < -0.3 is 0 Å². The van der Waals surface area contributed by atoms with E-state index in [2.05, 4.69) is 20.8 Å². The van der Waals surface area contributed by atoms with Gasteiger partial charge in [-0.2, -0.15) is 0 Å². The maximum absolute atomic E-state index is 12.5. The topological polar surface area (TPSA) is 34.1 Å². The average molecular weight is 312 g/mol. The third-order valence-electron chi connectivity index (χ3n) is 7.98. The molecule has 23 heavy (non-hydrogen) atoms. The molecule has 2 heteroatoms. The Morgan fingerprint density at radius 1 is 1.04 bits per heavy atom. The van der Waals surface area contributed by atoms with E-state index in [1.807, 2.05) is 12.2 Å². The molecule has 0 aromatic heterocycles. The van der Waals surface area contributed by atoms with Gasteiger partial charge in [0, 0.05) is 17.3 Å². The molecule has 0 aromatic carbocycles. The number of rotatable bonds is 1. The quantitative estimate of drug-likeness (QED) is 0.706. The van der Waals surface area contributed by atoms with Crippen LogP contribution >= 0.6 is 0 Å². The lowest BCUT2D eigenvalue weighted by atomic mass is 9.47. The number of Topliss-reactive ketones (excluding diaryl/α,β-unsaturated/α-hetero) is 1. The lowest BCUT2D eigenvalue weighted by Gasteiger charge is -2.57. The van der Waals surface area contributed by atoms with E-state index in [-0.39, 0.29) is 16.6 Å². The van der Waals surface area contributed by atoms with Crippen molar-refractivity contribution in [3.8, 4) is 0 Å². The summed E-state index contributed by atoms with van der Waals surface area (Å²) in [5, 5.41) is 0. The highest BCUT2D eigenvalue weighted by atomic mass is 16.1. The highest BCUT2D eigenvalue weighted by molar-refractivity contribution is 6.02. The molecule has 0 aromatic rings. The predicted molar refractivity (Wildman–Crippen MR) is 90.9 cm³/mol. The van der Waals surface area contributed by atoms with Crippen LogP contribution in [0.2, 0.25) is 0 Å². The van der Waals surface area contributed by atoms with Crippen LogP contribution in [0.3, 0.4) is 0 Å². The number of allylic oxidation sites excluding steroid dienone is 4. The van der Waals surface area contributed by atoms with Gasteiger partial charge in [0.25, 0.3) is 0 Å². The summed E-state index contributed by atoms with van der Waals surface area (Å²) in [6.45, 7) is 6.80. The van der Waals surface area contributed by atoms with E-state index in [9.17, 15) is 9.59 Å². The second-order valence-corrected chi connectivity index (χ2v) is 8.63. The highest BCUT2D eigenvalue weighted by Gasteiger charge is 2.59. The van der Waals surface area contributed by atoms with Crippen LogP contribution in [0.4, 0.5) is 0 Å². The van der Waals surface area contributed by atoms with Crippen molar-refractivity contribution in [1.29, 1.82) is 0 Å². The Morgan fingerprint density at radius 2 is 1.83 bits per heavy atom. The minimum absolute atomic E-state index is 0.0562. The third-order valence-corrected chi connectivity index (χ3v) is 7.98. The highest BCUT2D eigenvalue weighted by Crippen LogP contribution is 2.65. The SMILES string of the molecule is CCC1=CC(=O)C=C2CC[C@@H]3[C@H](CC[C@]4(C)C(=O)CC[C@@H]34)[C@@]12C. The molecule has 0 amide bonds. The van der Waals surface area contributed by atoms with Gasteiger partial charge in [-0.1, -0.05) is 31.9 Å². The van der Waals surface area contributed by atoms with Gasteiger partial charge in [-0.25, -0.2) is 0 Å². The number of carbonyl (C=O) groups excluding carboxylic acids is 2. The Morgan fingerprint density at radius 3 is 2.57 bits per heavy atom. The van der Waals surface area contributed by atoms with Crippen LogP contribution in [-0.4, -0.2) is 11.6 Å². The molecule has 0 bridgehead atoms. The lowest BCUT2D eigenvalue weighted by molar-refractivity contribution is -0.131. The Balaban J connectivity index is 1.76. The molecule has 124 valence electrons.